The van der Waals surface area contributed by atoms with Crippen molar-refractivity contribution in [2.75, 3.05) is 5.32 Å². The molecule has 7 nitrogen and oxygen atoms in total. The molecule has 0 fully saturated rings. The number of rotatable bonds is 6. The second kappa shape index (κ2) is 9.27. The minimum absolute atomic E-state index is 0.270. The molecule has 10 heteroatoms. The lowest BCUT2D eigenvalue weighted by Crippen LogP contribution is -2.27. The number of para-hydroxylation sites is 2. The molecule has 4 rings (SSSR count). The Morgan fingerprint density at radius 1 is 1.09 bits per heavy atom. The molecule has 1 amide bonds. The highest BCUT2D eigenvalue weighted by Crippen LogP contribution is 2.28. The summed E-state index contributed by atoms with van der Waals surface area (Å²) in [6, 6.07) is 18.9. The smallest absolute Gasteiger partial charge is 0.295 e. The zero-order valence-corrected chi connectivity index (χ0v) is 20.1. The molecule has 0 radical (unpaired) electrons. The highest BCUT2D eigenvalue weighted by molar-refractivity contribution is 8.02. The Hall–Kier alpha value is -2.95. The molecule has 0 spiro atoms. The summed E-state index contributed by atoms with van der Waals surface area (Å²) in [6.45, 7) is 3.59. The average Bonchev–Trinajstić information content (AvgIpc) is 3.26. The van der Waals surface area contributed by atoms with Gasteiger partial charge in [0.05, 0.1) is 22.3 Å². The molecule has 2 heterocycles. The third kappa shape index (κ3) is 4.34. The fourth-order valence-corrected chi connectivity index (χ4v) is 5.69. The summed E-state index contributed by atoms with van der Waals surface area (Å²) in [6.07, 6.45) is 0. The highest BCUT2D eigenvalue weighted by atomic mass is 32.2. The molecule has 0 unspecified atom stereocenters. The van der Waals surface area contributed by atoms with E-state index in [1.807, 2.05) is 60.7 Å². The number of nitrogens with zero attached hydrogens (tertiary/aromatic N) is 4. The van der Waals surface area contributed by atoms with Gasteiger partial charge in [-0.1, -0.05) is 59.5 Å². The van der Waals surface area contributed by atoms with E-state index in [1.165, 1.54) is 27.8 Å². The van der Waals surface area contributed by atoms with Gasteiger partial charge in [0.2, 0.25) is 5.91 Å². The van der Waals surface area contributed by atoms with Crippen LogP contribution in [-0.4, -0.2) is 30.3 Å². The lowest BCUT2D eigenvalue weighted by atomic mass is 10.3. The second-order valence-electron chi connectivity index (χ2n) is 7.07. The van der Waals surface area contributed by atoms with Gasteiger partial charge in [-0.25, -0.2) is 9.36 Å². The first kappa shape index (κ1) is 22.3. The predicted molar refractivity (Wildman–Crippen MR) is 132 cm³/mol. The van der Waals surface area contributed by atoms with Gasteiger partial charge in [-0.05, 0) is 50.3 Å². The van der Waals surface area contributed by atoms with Gasteiger partial charge in [-0.3, -0.25) is 14.3 Å². The van der Waals surface area contributed by atoms with E-state index in [0.717, 1.165) is 11.4 Å². The maximum Gasteiger partial charge on any atom is 0.295 e. The number of anilines is 1. The van der Waals surface area contributed by atoms with Crippen LogP contribution < -0.4 is 10.9 Å². The van der Waals surface area contributed by atoms with Crippen LogP contribution in [0, 0.1) is 10.9 Å². The van der Waals surface area contributed by atoms with E-state index in [4.69, 9.17) is 12.2 Å². The van der Waals surface area contributed by atoms with Crippen molar-refractivity contribution in [1.82, 2.24) is 19.1 Å². The van der Waals surface area contributed by atoms with E-state index in [1.54, 1.807) is 30.3 Å². The molecule has 0 aliphatic heterocycles. The number of aromatic nitrogens is 4. The first-order chi connectivity index (χ1) is 15.4. The Labute approximate surface area is 198 Å². The van der Waals surface area contributed by atoms with Gasteiger partial charge in [0, 0.05) is 7.05 Å². The van der Waals surface area contributed by atoms with Crippen LogP contribution in [0.2, 0.25) is 0 Å². The Kier molecular flexibility index (Phi) is 6.45. The topological polar surface area (TPSA) is 73.8 Å². The monoisotopic (exact) mass is 483 g/mol. The average molecular weight is 484 g/mol. The SMILES string of the molecule is Cc1c(NC(=O)[C@H](C)Sc2nn(-c3ccccc3)c(=S)s2)c(=O)n(-c2ccccc2)n1C. The van der Waals surface area contributed by atoms with Crippen molar-refractivity contribution in [1.29, 1.82) is 0 Å². The number of amides is 1. The molecular formula is C22H21N5O2S3. The number of benzene rings is 2. The lowest BCUT2D eigenvalue weighted by Gasteiger charge is -2.09. The number of thioether (sulfide) groups is 1. The predicted octanol–water partition coefficient (Wildman–Crippen LogP) is 4.58. The Bertz CT molecular complexity index is 1370. The summed E-state index contributed by atoms with van der Waals surface area (Å²) in [7, 11) is 1.79. The maximum absolute atomic E-state index is 13.0. The molecule has 4 aromatic rings. The molecule has 0 saturated heterocycles. The van der Waals surface area contributed by atoms with Crippen LogP contribution >= 0.6 is 35.3 Å². The minimum Gasteiger partial charge on any atom is -0.319 e. The van der Waals surface area contributed by atoms with Crippen LogP contribution in [0.3, 0.4) is 0 Å². The van der Waals surface area contributed by atoms with Crippen molar-refractivity contribution in [2.24, 2.45) is 7.05 Å². The van der Waals surface area contributed by atoms with Crippen molar-refractivity contribution in [3.05, 3.63) is 80.7 Å². The summed E-state index contributed by atoms with van der Waals surface area (Å²) in [5, 5.41) is 6.89. The van der Waals surface area contributed by atoms with Crippen LogP contribution in [-0.2, 0) is 11.8 Å². The van der Waals surface area contributed by atoms with Gasteiger partial charge in [0.1, 0.15) is 5.69 Å². The molecule has 0 aliphatic rings. The fourth-order valence-electron chi connectivity index (χ4n) is 3.18. The number of hydrogen-bond donors (Lipinski definition) is 1. The molecule has 164 valence electrons. The first-order valence-corrected chi connectivity index (χ1v) is 11.9. The Morgan fingerprint density at radius 3 is 2.31 bits per heavy atom. The second-order valence-corrected chi connectivity index (χ2v) is 10.3. The summed E-state index contributed by atoms with van der Waals surface area (Å²) >= 11 is 8.10. The van der Waals surface area contributed by atoms with E-state index in [-0.39, 0.29) is 17.2 Å². The van der Waals surface area contributed by atoms with E-state index >= 15 is 0 Å². The van der Waals surface area contributed by atoms with Crippen molar-refractivity contribution >= 4 is 46.9 Å². The number of carbonyl (C=O) groups excluding carboxylic acids is 1. The molecule has 2 aromatic heterocycles. The zero-order chi connectivity index (χ0) is 22.8. The van der Waals surface area contributed by atoms with Crippen LogP contribution in [0.1, 0.15) is 12.6 Å². The normalized spacial score (nSPS) is 12.0. The molecule has 1 atom stereocenters. The van der Waals surface area contributed by atoms with Crippen molar-refractivity contribution in [2.45, 2.75) is 23.4 Å². The lowest BCUT2D eigenvalue weighted by molar-refractivity contribution is -0.115. The molecule has 0 aliphatic carbocycles. The number of carbonyl (C=O) groups is 1. The van der Waals surface area contributed by atoms with Crippen LogP contribution in [0.4, 0.5) is 5.69 Å². The van der Waals surface area contributed by atoms with Crippen LogP contribution in [0.25, 0.3) is 11.4 Å². The van der Waals surface area contributed by atoms with E-state index in [2.05, 4.69) is 10.4 Å². The Morgan fingerprint density at radius 2 is 1.69 bits per heavy atom. The maximum atomic E-state index is 13.0. The summed E-state index contributed by atoms with van der Waals surface area (Å²) < 4.78 is 6.25. The van der Waals surface area contributed by atoms with Crippen molar-refractivity contribution < 1.29 is 4.79 Å². The largest absolute Gasteiger partial charge is 0.319 e. The molecule has 0 bridgehead atoms. The van der Waals surface area contributed by atoms with Gasteiger partial charge >= 0.3 is 0 Å². The van der Waals surface area contributed by atoms with E-state index < -0.39 is 5.25 Å². The Balaban J connectivity index is 1.53. The quantitative estimate of drug-likeness (QED) is 0.321. The van der Waals surface area contributed by atoms with Gasteiger partial charge in [-0.15, -0.1) is 5.10 Å². The van der Waals surface area contributed by atoms with Gasteiger partial charge in [-0.2, -0.15) is 0 Å². The van der Waals surface area contributed by atoms with Crippen molar-refractivity contribution in [3.8, 4) is 11.4 Å². The minimum atomic E-state index is -0.469. The van der Waals surface area contributed by atoms with E-state index in [9.17, 15) is 9.59 Å². The molecule has 0 saturated carbocycles. The fraction of sp³-hybridized carbons (Fsp3) is 0.182. The standard InChI is InChI=1S/C22H21N5O2S3/c1-14-18(20(29)27(25(14)3)17-12-8-5-9-13-17)23-19(28)15(2)31-21-24-26(22(30)32-21)16-10-6-4-7-11-16/h4-13,15H,1-3H3,(H,23,28)/t15-/m0/s1. The van der Waals surface area contributed by atoms with Gasteiger partial charge < -0.3 is 5.32 Å². The van der Waals surface area contributed by atoms with Crippen LogP contribution in [0.15, 0.2) is 69.8 Å². The number of hydrogen-bond acceptors (Lipinski definition) is 6. The van der Waals surface area contributed by atoms with Crippen LogP contribution in [0.5, 0.6) is 0 Å². The summed E-state index contributed by atoms with van der Waals surface area (Å²) in [5.74, 6) is -0.270. The highest BCUT2D eigenvalue weighted by Gasteiger charge is 2.22. The number of nitrogens with one attached hydrogen (secondary N) is 1. The summed E-state index contributed by atoms with van der Waals surface area (Å²) in [4.78, 5) is 25.9. The molecule has 1 N–H and O–H groups in total. The molecule has 2 aromatic carbocycles. The summed E-state index contributed by atoms with van der Waals surface area (Å²) in [5.41, 5.74) is 2.28. The van der Waals surface area contributed by atoms with Gasteiger partial charge in [0.15, 0.2) is 8.29 Å². The van der Waals surface area contributed by atoms with Crippen molar-refractivity contribution in [3.63, 3.8) is 0 Å². The van der Waals surface area contributed by atoms with Gasteiger partial charge in [0.25, 0.3) is 5.56 Å². The third-order valence-electron chi connectivity index (χ3n) is 4.98. The molecule has 32 heavy (non-hydrogen) atoms. The zero-order valence-electron chi connectivity index (χ0n) is 17.7. The third-order valence-corrected chi connectivity index (χ3v) is 7.40. The first-order valence-electron chi connectivity index (χ1n) is 9.84. The van der Waals surface area contributed by atoms with E-state index in [0.29, 0.717) is 14.0 Å². The molecular weight excluding hydrogens is 462 g/mol.